The Morgan fingerprint density at radius 1 is 1.08 bits per heavy atom. The maximum Gasteiger partial charge on any atom is 0.338 e. The summed E-state index contributed by atoms with van der Waals surface area (Å²) in [4.78, 5) is 44.0. The molecule has 3 aromatic carbocycles. The number of carbonyl (C=O) groups is 1. The molecule has 0 N–H and O–H groups in total. The molecule has 0 saturated carbocycles. The first-order valence-corrected chi connectivity index (χ1v) is 15.5. The summed E-state index contributed by atoms with van der Waals surface area (Å²) >= 11 is 1.16. The van der Waals surface area contributed by atoms with Gasteiger partial charge in [-0.05, 0) is 55.0 Å². The number of hydrogen-bond acceptors (Lipinski definition) is 10. The molecule has 12 nitrogen and oxygen atoms in total. The Morgan fingerprint density at radius 2 is 1.83 bits per heavy atom. The third-order valence-electron chi connectivity index (χ3n) is 7.70. The lowest BCUT2D eigenvalue weighted by Gasteiger charge is -2.24. The number of fused-ring (bicyclic) bond motifs is 1. The van der Waals surface area contributed by atoms with Gasteiger partial charge in [-0.3, -0.25) is 19.5 Å². The fourth-order valence-corrected chi connectivity index (χ4v) is 6.49. The number of methoxy groups -OCH3 is 2. The minimum Gasteiger partial charge on any atom is -0.497 e. The highest BCUT2D eigenvalue weighted by atomic mass is 32.1. The van der Waals surface area contributed by atoms with Gasteiger partial charge in [-0.15, -0.1) is 0 Å². The molecule has 13 heteroatoms. The number of nitro benzene ring substituents is 1. The zero-order valence-electron chi connectivity index (χ0n) is 26.2. The van der Waals surface area contributed by atoms with Crippen LogP contribution in [0.15, 0.2) is 113 Å². The number of ether oxygens (including phenoxy) is 3. The van der Waals surface area contributed by atoms with Crippen LogP contribution in [-0.4, -0.2) is 46.1 Å². The first kappa shape index (κ1) is 31.9. The summed E-state index contributed by atoms with van der Waals surface area (Å²) in [6.07, 6.45) is 4.90. The molecule has 242 valence electrons. The number of rotatable bonds is 10. The molecule has 6 rings (SSSR count). The molecule has 0 saturated heterocycles. The number of benzene rings is 3. The largest absolute Gasteiger partial charge is 0.497 e. The number of esters is 1. The number of nitro groups is 1. The number of hydrogen-bond donors (Lipinski definition) is 0. The minimum atomic E-state index is -0.831. The van der Waals surface area contributed by atoms with Crippen molar-refractivity contribution in [1.29, 1.82) is 0 Å². The first-order chi connectivity index (χ1) is 23.2. The van der Waals surface area contributed by atoms with E-state index in [1.165, 1.54) is 29.9 Å². The monoisotopic (exact) mass is 663 g/mol. The van der Waals surface area contributed by atoms with Crippen molar-refractivity contribution >= 4 is 29.1 Å². The summed E-state index contributed by atoms with van der Waals surface area (Å²) in [5.41, 5.74) is 2.84. The minimum absolute atomic E-state index is 0.00688. The van der Waals surface area contributed by atoms with Gasteiger partial charge in [-0.2, -0.15) is 5.10 Å². The fourth-order valence-electron chi connectivity index (χ4n) is 5.45. The summed E-state index contributed by atoms with van der Waals surface area (Å²) in [5.74, 6) is 0.112. The van der Waals surface area contributed by atoms with E-state index in [-0.39, 0.29) is 29.2 Å². The van der Waals surface area contributed by atoms with Crippen LogP contribution in [0.25, 0.3) is 23.0 Å². The molecular weight excluding hydrogens is 634 g/mol. The highest BCUT2D eigenvalue weighted by Crippen LogP contribution is 2.34. The van der Waals surface area contributed by atoms with Crippen LogP contribution in [0.1, 0.15) is 24.1 Å². The molecule has 0 aliphatic carbocycles. The number of para-hydroxylation sites is 1. The molecule has 0 amide bonds. The molecule has 0 bridgehead atoms. The molecule has 1 aliphatic heterocycles. The second-order valence-corrected chi connectivity index (χ2v) is 11.6. The number of carbonyl (C=O) groups excluding carboxylic acids is 1. The predicted molar refractivity (Wildman–Crippen MR) is 180 cm³/mol. The normalized spacial score (nSPS) is 14.2. The average Bonchev–Trinajstić information content (AvgIpc) is 3.66. The highest BCUT2D eigenvalue weighted by molar-refractivity contribution is 7.07. The van der Waals surface area contributed by atoms with Crippen LogP contribution in [0.3, 0.4) is 0 Å². The van der Waals surface area contributed by atoms with Gasteiger partial charge in [0.1, 0.15) is 18.1 Å². The lowest BCUT2D eigenvalue weighted by atomic mass is 9.96. The second kappa shape index (κ2) is 13.3. The Balaban J connectivity index is 1.56. The maximum absolute atomic E-state index is 14.3. The Morgan fingerprint density at radius 3 is 2.50 bits per heavy atom. The van der Waals surface area contributed by atoms with Gasteiger partial charge in [0.25, 0.3) is 5.56 Å². The molecule has 1 aliphatic rings. The van der Waals surface area contributed by atoms with Crippen molar-refractivity contribution in [1.82, 2.24) is 14.3 Å². The van der Waals surface area contributed by atoms with Crippen LogP contribution >= 0.6 is 11.3 Å². The summed E-state index contributed by atoms with van der Waals surface area (Å²) in [5, 5.41) is 16.6. The van der Waals surface area contributed by atoms with E-state index in [0.29, 0.717) is 43.2 Å². The van der Waals surface area contributed by atoms with Crippen molar-refractivity contribution in [3.05, 3.63) is 144 Å². The molecule has 0 fully saturated rings. The van der Waals surface area contributed by atoms with E-state index >= 15 is 0 Å². The Hall–Kier alpha value is -6.08. The standard InChI is InChI=1S/C35H29N5O7S/c1-5-17-47-34(42)30-21(2)36-35-39(32(30)22-11-14-26(45-3)15-12-22)33(41)29(48-35)19-24-20-38(25-9-7-6-8-10-25)37-31(24)23-13-16-28(46-4)27(18-23)40(43)44/h5-16,18-20,32H,1,17H2,2-4H3/b29-19+/t32-/m0/s1. The van der Waals surface area contributed by atoms with Crippen molar-refractivity contribution in [2.24, 2.45) is 4.99 Å². The van der Waals surface area contributed by atoms with Crippen LogP contribution in [0.5, 0.6) is 11.5 Å². The van der Waals surface area contributed by atoms with Gasteiger partial charge in [0.15, 0.2) is 10.6 Å². The van der Waals surface area contributed by atoms with E-state index in [4.69, 9.17) is 19.3 Å². The van der Waals surface area contributed by atoms with Gasteiger partial charge in [0.2, 0.25) is 0 Å². The molecule has 5 aromatic rings. The van der Waals surface area contributed by atoms with Gasteiger partial charge in [-0.25, -0.2) is 14.5 Å². The number of thiazole rings is 1. The Bertz CT molecular complexity index is 2270. The van der Waals surface area contributed by atoms with E-state index < -0.39 is 16.9 Å². The van der Waals surface area contributed by atoms with Crippen molar-refractivity contribution < 1.29 is 23.9 Å². The maximum atomic E-state index is 14.3. The summed E-state index contributed by atoms with van der Waals surface area (Å²) in [6.45, 7) is 5.32. The summed E-state index contributed by atoms with van der Waals surface area (Å²) < 4.78 is 19.4. The number of allylic oxidation sites excluding steroid dienone is 1. The zero-order valence-corrected chi connectivity index (χ0v) is 27.0. The van der Waals surface area contributed by atoms with Gasteiger partial charge in [0.05, 0.1) is 46.7 Å². The van der Waals surface area contributed by atoms with Crippen molar-refractivity contribution in [3.63, 3.8) is 0 Å². The molecule has 0 unspecified atom stereocenters. The van der Waals surface area contributed by atoms with Crippen LogP contribution in [-0.2, 0) is 9.53 Å². The topological polar surface area (TPSA) is 140 Å². The smallest absolute Gasteiger partial charge is 0.338 e. The SMILES string of the molecule is C=CCOC(=O)C1=C(C)N=c2s/c(=C/c3cn(-c4ccccc4)nc3-c3ccc(OC)c([N+](=O)[O-])c3)c(=O)n2[C@H]1c1ccc(OC)cc1. The third kappa shape index (κ3) is 5.94. The second-order valence-electron chi connectivity index (χ2n) is 10.6. The van der Waals surface area contributed by atoms with Gasteiger partial charge in [0, 0.05) is 23.4 Å². The molecule has 0 spiro atoms. The molecule has 1 atom stereocenters. The van der Waals surface area contributed by atoms with Crippen LogP contribution in [0.2, 0.25) is 0 Å². The zero-order chi connectivity index (χ0) is 33.9. The summed E-state index contributed by atoms with van der Waals surface area (Å²) in [6, 6.07) is 20.2. The molecule has 2 aromatic heterocycles. The van der Waals surface area contributed by atoms with Crippen molar-refractivity contribution in [2.45, 2.75) is 13.0 Å². The molecule has 0 radical (unpaired) electrons. The molecular formula is C35H29N5O7S. The first-order valence-electron chi connectivity index (χ1n) is 14.7. The number of aromatic nitrogens is 3. The predicted octanol–water partition coefficient (Wildman–Crippen LogP) is 4.74. The van der Waals surface area contributed by atoms with Gasteiger partial charge in [-0.1, -0.05) is 54.3 Å². The van der Waals surface area contributed by atoms with Crippen LogP contribution in [0.4, 0.5) is 5.69 Å². The molecule has 3 heterocycles. The quantitative estimate of drug-likeness (QED) is 0.0904. The summed E-state index contributed by atoms with van der Waals surface area (Å²) in [7, 11) is 2.92. The van der Waals surface area contributed by atoms with E-state index in [0.717, 1.165) is 17.0 Å². The van der Waals surface area contributed by atoms with E-state index in [9.17, 15) is 19.7 Å². The fraction of sp³-hybridized carbons (Fsp3) is 0.143. The van der Waals surface area contributed by atoms with E-state index in [1.54, 1.807) is 61.3 Å². The lowest BCUT2D eigenvalue weighted by Crippen LogP contribution is -2.39. The molecule has 48 heavy (non-hydrogen) atoms. The van der Waals surface area contributed by atoms with Crippen molar-refractivity contribution in [3.8, 4) is 28.4 Å². The van der Waals surface area contributed by atoms with Crippen LogP contribution in [0, 0.1) is 10.1 Å². The van der Waals surface area contributed by atoms with Crippen LogP contribution < -0.4 is 24.4 Å². The van der Waals surface area contributed by atoms with Gasteiger partial charge >= 0.3 is 11.7 Å². The highest BCUT2D eigenvalue weighted by Gasteiger charge is 2.33. The Labute approximate surface area is 277 Å². The third-order valence-corrected chi connectivity index (χ3v) is 8.69. The lowest BCUT2D eigenvalue weighted by molar-refractivity contribution is -0.385. The van der Waals surface area contributed by atoms with Crippen molar-refractivity contribution in [2.75, 3.05) is 20.8 Å². The Kier molecular flexibility index (Phi) is 8.86. The average molecular weight is 664 g/mol. The van der Waals surface area contributed by atoms with Gasteiger partial charge < -0.3 is 14.2 Å². The van der Waals surface area contributed by atoms with E-state index in [1.807, 2.05) is 30.3 Å². The number of nitrogens with zero attached hydrogens (tertiary/aromatic N) is 5. The van der Waals surface area contributed by atoms with E-state index in [2.05, 4.69) is 11.6 Å².